The third-order valence-corrected chi connectivity index (χ3v) is 4.07. The van der Waals surface area contributed by atoms with Crippen molar-refractivity contribution in [2.24, 2.45) is 0 Å². The second-order valence-corrected chi connectivity index (χ2v) is 6.51. The molecule has 0 aliphatic carbocycles. The standard InChI is InChI=1S/C9H12BrNO3S/c1-6(2)15(13,14)11-8-5-7(10)3-4-9(8)12/h3-6,11-12H,1-2H3. The minimum absolute atomic E-state index is 0.0950. The van der Waals surface area contributed by atoms with Gasteiger partial charge >= 0.3 is 0 Å². The Balaban J connectivity index is 3.05. The van der Waals surface area contributed by atoms with Crippen molar-refractivity contribution in [3.63, 3.8) is 0 Å². The van der Waals surface area contributed by atoms with Crippen LogP contribution < -0.4 is 4.72 Å². The average molecular weight is 294 g/mol. The maximum absolute atomic E-state index is 11.5. The van der Waals surface area contributed by atoms with Crippen LogP contribution >= 0.6 is 15.9 Å². The van der Waals surface area contributed by atoms with E-state index in [1.807, 2.05) is 0 Å². The number of halogens is 1. The summed E-state index contributed by atoms with van der Waals surface area (Å²) in [7, 11) is -3.42. The van der Waals surface area contributed by atoms with Crippen LogP contribution in [0.4, 0.5) is 5.69 Å². The molecule has 0 amide bonds. The number of rotatable bonds is 3. The minimum atomic E-state index is -3.42. The Kier molecular flexibility index (Phi) is 3.62. The Bertz CT molecular complexity index is 456. The third kappa shape index (κ3) is 3.10. The lowest BCUT2D eigenvalue weighted by molar-refractivity contribution is 0.477. The van der Waals surface area contributed by atoms with Crippen molar-refractivity contribution in [2.75, 3.05) is 4.72 Å². The van der Waals surface area contributed by atoms with Gasteiger partial charge in [0.1, 0.15) is 5.75 Å². The van der Waals surface area contributed by atoms with E-state index in [9.17, 15) is 13.5 Å². The van der Waals surface area contributed by atoms with Crippen molar-refractivity contribution in [3.05, 3.63) is 22.7 Å². The molecule has 15 heavy (non-hydrogen) atoms. The van der Waals surface area contributed by atoms with E-state index in [0.717, 1.165) is 0 Å². The maximum Gasteiger partial charge on any atom is 0.235 e. The number of anilines is 1. The smallest absolute Gasteiger partial charge is 0.235 e. The lowest BCUT2D eigenvalue weighted by Crippen LogP contribution is -2.22. The number of nitrogens with one attached hydrogen (secondary N) is 1. The summed E-state index contributed by atoms with van der Waals surface area (Å²) < 4.78 is 26.1. The molecule has 0 radical (unpaired) electrons. The van der Waals surface area contributed by atoms with Crippen molar-refractivity contribution in [1.82, 2.24) is 0 Å². The highest BCUT2D eigenvalue weighted by Gasteiger charge is 2.17. The molecular weight excluding hydrogens is 282 g/mol. The first-order valence-corrected chi connectivity index (χ1v) is 6.67. The van der Waals surface area contributed by atoms with E-state index in [2.05, 4.69) is 20.7 Å². The third-order valence-electron chi connectivity index (χ3n) is 1.83. The van der Waals surface area contributed by atoms with Crippen LogP contribution in [0.1, 0.15) is 13.8 Å². The fourth-order valence-corrected chi connectivity index (χ4v) is 1.93. The molecule has 0 unspecified atom stereocenters. The monoisotopic (exact) mass is 293 g/mol. The first kappa shape index (κ1) is 12.3. The molecule has 0 aliphatic heterocycles. The quantitative estimate of drug-likeness (QED) is 0.841. The predicted octanol–water partition coefficient (Wildman–Crippen LogP) is 2.30. The number of phenolic OH excluding ortho intramolecular Hbond substituents is 1. The molecule has 4 nitrogen and oxygen atoms in total. The van der Waals surface area contributed by atoms with E-state index in [1.54, 1.807) is 19.9 Å². The van der Waals surface area contributed by atoms with Gasteiger partial charge in [0.25, 0.3) is 0 Å². The summed E-state index contributed by atoms with van der Waals surface area (Å²) in [4.78, 5) is 0. The molecule has 0 spiro atoms. The highest BCUT2D eigenvalue weighted by Crippen LogP contribution is 2.28. The first-order chi connectivity index (χ1) is 6.83. The highest BCUT2D eigenvalue weighted by atomic mass is 79.9. The Labute approximate surface area is 97.5 Å². The molecular formula is C9H12BrNO3S. The topological polar surface area (TPSA) is 66.4 Å². The van der Waals surface area contributed by atoms with Gasteiger partial charge in [0.15, 0.2) is 0 Å². The molecule has 0 bridgehead atoms. The molecule has 84 valence electrons. The van der Waals surface area contributed by atoms with Crippen LogP contribution in [0.15, 0.2) is 22.7 Å². The number of sulfonamides is 1. The van der Waals surface area contributed by atoms with Crippen LogP contribution in [0.25, 0.3) is 0 Å². The van der Waals surface area contributed by atoms with Gasteiger partial charge in [0.05, 0.1) is 10.9 Å². The van der Waals surface area contributed by atoms with Gasteiger partial charge in [-0.05, 0) is 32.0 Å². The van der Waals surface area contributed by atoms with E-state index >= 15 is 0 Å². The molecule has 0 atom stereocenters. The second-order valence-electron chi connectivity index (χ2n) is 3.36. The summed E-state index contributed by atoms with van der Waals surface area (Å²) in [6.45, 7) is 3.13. The van der Waals surface area contributed by atoms with Crippen molar-refractivity contribution in [2.45, 2.75) is 19.1 Å². The summed E-state index contributed by atoms with van der Waals surface area (Å²) in [5, 5.41) is 8.89. The molecule has 1 rings (SSSR count). The number of hydrogen-bond donors (Lipinski definition) is 2. The first-order valence-electron chi connectivity index (χ1n) is 4.33. The van der Waals surface area contributed by atoms with Crippen LogP contribution in [-0.4, -0.2) is 18.8 Å². The minimum Gasteiger partial charge on any atom is -0.506 e. The highest BCUT2D eigenvalue weighted by molar-refractivity contribution is 9.10. The molecule has 0 saturated carbocycles. The summed E-state index contributed by atoms with van der Waals surface area (Å²) in [5.41, 5.74) is 0.179. The molecule has 2 N–H and O–H groups in total. The molecule has 0 fully saturated rings. The Morgan fingerprint density at radius 2 is 2.00 bits per heavy atom. The van der Waals surface area contributed by atoms with Crippen molar-refractivity contribution < 1.29 is 13.5 Å². The van der Waals surface area contributed by atoms with Gasteiger partial charge in [0.2, 0.25) is 10.0 Å². The predicted molar refractivity (Wildman–Crippen MR) is 63.5 cm³/mol. The van der Waals surface area contributed by atoms with Gasteiger partial charge < -0.3 is 5.11 Å². The number of aromatic hydroxyl groups is 1. The lowest BCUT2D eigenvalue weighted by atomic mass is 10.3. The normalized spacial score (nSPS) is 11.7. The zero-order chi connectivity index (χ0) is 11.6. The summed E-state index contributed by atoms with van der Waals surface area (Å²) in [5.74, 6) is -0.0950. The van der Waals surface area contributed by atoms with Crippen LogP contribution in [-0.2, 0) is 10.0 Å². The summed E-state index contributed by atoms with van der Waals surface area (Å²) in [6.07, 6.45) is 0. The largest absolute Gasteiger partial charge is 0.506 e. The lowest BCUT2D eigenvalue weighted by Gasteiger charge is -2.12. The zero-order valence-electron chi connectivity index (χ0n) is 8.36. The Morgan fingerprint density at radius 1 is 1.40 bits per heavy atom. The molecule has 0 saturated heterocycles. The molecule has 0 heterocycles. The number of phenols is 1. The van der Waals surface area contributed by atoms with Crippen molar-refractivity contribution >= 4 is 31.6 Å². The van der Waals surface area contributed by atoms with Crippen LogP contribution in [0, 0.1) is 0 Å². The van der Waals surface area contributed by atoms with E-state index < -0.39 is 15.3 Å². The van der Waals surface area contributed by atoms with Gasteiger partial charge in [0, 0.05) is 4.47 Å². The molecule has 0 aliphatic rings. The fraction of sp³-hybridized carbons (Fsp3) is 0.333. The maximum atomic E-state index is 11.5. The summed E-state index contributed by atoms with van der Waals surface area (Å²) in [6, 6.07) is 4.56. The zero-order valence-corrected chi connectivity index (χ0v) is 10.8. The van der Waals surface area contributed by atoms with Crippen LogP contribution in [0.5, 0.6) is 5.75 Å². The van der Waals surface area contributed by atoms with Gasteiger partial charge in [-0.3, -0.25) is 4.72 Å². The SMILES string of the molecule is CC(C)S(=O)(=O)Nc1cc(Br)ccc1O. The summed E-state index contributed by atoms with van der Waals surface area (Å²) >= 11 is 3.19. The van der Waals surface area contributed by atoms with E-state index in [0.29, 0.717) is 4.47 Å². The fourth-order valence-electron chi connectivity index (χ4n) is 0.861. The molecule has 1 aromatic carbocycles. The average Bonchev–Trinajstić information content (AvgIpc) is 2.10. The van der Waals surface area contributed by atoms with Crippen molar-refractivity contribution in [1.29, 1.82) is 0 Å². The van der Waals surface area contributed by atoms with Gasteiger partial charge in [-0.2, -0.15) is 0 Å². The van der Waals surface area contributed by atoms with Gasteiger partial charge in [-0.25, -0.2) is 8.42 Å². The van der Waals surface area contributed by atoms with Crippen LogP contribution in [0.3, 0.4) is 0 Å². The number of benzene rings is 1. The molecule has 6 heteroatoms. The molecule has 1 aromatic rings. The van der Waals surface area contributed by atoms with E-state index in [1.165, 1.54) is 12.1 Å². The van der Waals surface area contributed by atoms with Gasteiger partial charge in [-0.1, -0.05) is 15.9 Å². The van der Waals surface area contributed by atoms with E-state index in [-0.39, 0.29) is 11.4 Å². The van der Waals surface area contributed by atoms with Crippen LogP contribution in [0.2, 0.25) is 0 Å². The Morgan fingerprint density at radius 3 is 2.53 bits per heavy atom. The van der Waals surface area contributed by atoms with E-state index in [4.69, 9.17) is 0 Å². The van der Waals surface area contributed by atoms with Gasteiger partial charge in [-0.15, -0.1) is 0 Å². The van der Waals surface area contributed by atoms with Crippen molar-refractivity contribution in [3.8, 4) is 5.75 Å². The number of hydrogen-bond acceptors (Lipinski definition) is 3. The molecule has 0 aromatic heterocycles. The Hall–Kier alpha value is -0.750. The second kappa shape index (κ2) is 4.40.